The normalized spacial score (nSPS) is 19.1. The predicted molar refractivity (Wildman–Crippen MR) is 110 cm³/mol. The van der Waals surface area contributed by atoms with Crippen molar-refractivity contribution in [2.24, 2.45) is 5.92 Å². The average Bonchev–Trinajstić information content (AvgIpc) is 2.72. The molecule has 0 bridgehead atoms. The number of halogens is 1. The van der Waals surface area contributed by atoms with Crippen LogP contribution in [0.1, 0.15) is 30.0 Å². The van der Waals surface area contributed by atoms with Crippen molar-refractivity contribution in [2.75, 3.05) is 20.8 Å². The van der Waals surface area contributed by atoms with Crippen molar-refractivity contribution in [2.45, 2.75) is 25.3 Å². The Morgan fingerprint density at radius 2 is 1.83 bits per heavy atom. The number of carbonyl (C=O) groups excluding carboxylic acids is 1. The summed E-state index contributed by atoms with van der Waals surface area (Å²) in [6.45, 7) is 0.408. The molecule has 1 aliphatic rings. The van der Waals surface area contributed by atoms with Gasteiger partial charge >= 0.3 is 5.97 Å². The van der Waals surface area contributed by atoms with E-state index >= 15 is 0 Å². The Balaban J connectivity index is 1.86. The first-order chi connectivity index (χ1) is 13.9. The van der Waals surface area contributed by atoms with Crippen molar-refractivity contribution < 1.29 is 24.2 Å². The number of carboxylic acids is 1. The molecule has 6 nitrogen and oxygen atoms in total. The van der Waals surface area contributed by atoms with Gasteiger partial charge in [-0.15, -0.1) is 0 Å². The summed E-state index contributed by atoms with van der Waals surface area (Å²) in [4.78, 5) is 26.3. The first-order valence-electron chi connectivity index (χ1n) is 9.43. The smallest absolute Gasteiger partial charge is 0.308 e. The highest BCUT2D eigenvalue weighted by Gasteiger charge is 2.40. The highest BCUT2D eigenvalue weighted by atomic mass is 35.5. The van der Waals surface area contributed by atoms with E-state index in [1.807, 2.05) is 18.2 Å². The van der Waals surface area contributed by atoms with Gasteiger partial charge in [-0.1, -0.05) is 29.8 Å². The molecule has 1 saturated heterocycles. The number of hydrogen-bond donors (Lipinski definition) is 1. The van der Waals surface area contributed by atoms with Crippen LogP contribution in [0.15, 0.2) is 42.5 Å². The number of aliphatic carboxylic acids is 1. The maximum absolute atomic E-state index is 12.7. The third-order valence-electron chi connectivity index (χ3n) is 5.32. The van der Waals surface area contributed by atoms with Gasteiger partial charge in [-0.2, -0.15) is 0 Å². The minimum Gasteiger partial charge on any atom is -0.493 e. The molecule has 2 aromatic carbocycles. The summed E-state index contributed by atoms with van der Waals surface area (Å²) in [5.74, 6) is -0.335. The summed E-state index contributed by atoms with van der Waals surface area (Å²) in [7, 11) is 3.15. The predicted octanol–water partition coefficient (Wildman–Crippen LogP) is 3.96. The van der Waals surface area contributed by atoms with Crippen molar-refractivity contribution in [3.63, 3.8) is 0 Å². The third-order valence-corrected chi connectivity index (χ3v) is 5.58. The summed E-state index contributed by atoms with van der Waals surface area (Å²) in [5.41, 5.74) is 1.75. The lowest BCUT2D eigenvalue weighted by Gasteiger charge is -2.40. The van der Waals surface area contributed by atoms with Crippen LogP contribution in [0.25, 0.3) is 0 Å². The summed E-state index contributed by atoms with van der Waals surface area (Å²) in [6.07, 6.45) is 1.13. The van der Waals surface area contributed by atoms with Gasteiger partial charge in [0.2, 0.25) is 5.91 Å². The van der Waals surface area contributed by atoms with Gasteiger partial charge in [0.05, 0.1) is 26.2 Å². The van der Waals surface area contributed by atoms with Gasteiger partial charge < -0.3 is 19.5 Å². The topological polar surface area (TPSA) is 76.1 Å². The zero-order valence-electron chi connectivity index (χ0n) is 16.4. The first-order valence-corrected chi connectivity index (χ1v) is 9.81. The van der Waals surface area contributed by atoms with Crippen LogP contribution in [-0.2, 0) is 16.0 Å². The van der Waals surface area contributed by atoms with E-state index in [4.69, 9.17) is 21.1 Å². The minimum atomic E-state index is -0.895. The number of rotatable bonds is 7. The summed E-state index contributed by atoms with van der Waals surface area (Å²) >= 11 is 5.99. The van der Waals surface area contributed by atoms with E-state index in [1.165, 1.54) is 0 Å². The van der Waals surface area contributed by atoms with Crippen LogP contribution in [-0.4, -0.2) is 42.6 Å². The highest BCUT2D eigenvalue weighted by molar-refractivity contribution is 6.30. The molecular formula is C22H24ClNO5. The molecule has 154 valence electrons. The minimum absolute atomic E-state index is 0.0390. The van der Waals surface area contributed by atoms with E-state index in [0.717, 1.165) is 11.1 Å². The van der Waals surface area contributed by atoms with Crippen LogP contribution in [0.5, 0.6) is 11.5 Å². The Kier molecular flexibility index (Phi) is 6.64. The lowest BCUT2D eigenvalue weighted by molar-refractivity contribution is -0.152. The van der Waals surface area contributed by atoms with E-state index < -0.39 is 17.9 Å². The van der Waals surface area contributed by atoms with Crippen LogP contribution in [0, 0.1) is 5.92 Å². The summed E-state index contributed by atoms with van der Waals surface area (Å²) in [6, 6.07) is 12.1. The molecule has 0 aliphatic carbocycles. The number of hydrogen-bond acceptors (Lipinski definition) is 4. The summed E-state index contributed by atoms with van der Waals surface area (Å²) in [5, 5.41) is 10.3. The number of methoxy groups -OCH3 is 2. The number of piperidine rings is 1. The molecule has 0 unspecified atom stereocenters. The number of ether oxygens (including phenoxy) is 2. The molecule has 2 aromatic rings. The van der Waals surface area contributed by atoms with Crippen LogP contribution < -0.4 is 9.47 Å². The molecule has 0 radical (unpaired) electrons. The highest BCUT2D eigenvalue weighted by Crippen LogP contribution is 2.37. The molecule has 1 N–H and O–H groups in total. The lowest BCUT2D eigenvalue weighted by Crippen LogP contribution is -2.46. The number of amides is 1. The third kappa shape index (κ3) is 4.65. The second-order valence-corrected chi connectivity index (χ2v) is 7.44. The number of benzene rings is 2. The Bertz CT molecular complexity index is 883. The van der Waals surface area contributed by atoms with Crippen molar-refractivity contribution >= 4 is 23.5 Å². The van der Waals surface area contributed by atoms with Crippen LogP contribution in [0.2, 0.25) is 5.02 Å². The van der Waals surface area contributed by atoms with Gasteiger partial charge in [-0.25, -0.2) is 0 Å². The number of carbonyl (C=O) groups is 2. The molecule has 0 saturated carbocycles. The molecule has 1 fully saturated rings. The maximum Gasteiger partial charge on any atom is 0.308 e. The molecule has 7 heteroatoms. The van der Waals surface area contributed by atoms with E-state index in [-0.39, 0.29) is 12.3 Å². The van der Waals surface area contributed by atoms with Crippen LogP contribution in [0.3, 0.4) is 0 Å². The Hall–Kier alpha value is -2.73. The molecular weight excluding hydrogens is 394 g/mol. The van der Waals surface area contributed by atoms with Gasteiger partial charge in [0.1, 0.15) is 0 Å². The van der Waals surface area contributed by atoms with E-state index in [0.29, 0.717) is 35.9 Å². The zero-order chi connectivity index (χ0) is 21.0. The largest absolute Gasteiger partial charge is 0.493 e. The fraction of sp³-hybridized carbons (Fsp3) is 0.364. The fourth-order valence-electron chi connectivity index (χ4n) is 3.83. The Morgan fingerprint density at radius 3 is 2.45 bits per heavy atom. The molecule has 2 atom stereocenters. The quantitative estimate of drug-likeness (QED) is 0.737. The lowest BCUT2D eigenvalue weighted by atomic mass is 9.84. The molecule has 0 aromatic heterocycles. The van der Waals surface area contributed by atoms with Crippen LogP contribution >= 0.6 is 11.6 Å². The number of likely N-dealkylation sites (tertiary alicyclic amines) is 1. The monoisotopic (exact) mass is 417 g/mol. The molecule has 1 amide bonds. The van der Waals surface area contributed by atoms with Gasteiger partial charge in [0, 0.05) is 18.0 Å². The van der Waals surface area contributed by atoms with E-state index in [1.54, 1.807) is 43.4 Å². The standard InChI is InChI=1S/C22H24ClNO5/c1-28-18-9-3-14(13-19(18)29-2)11-12-24-20(25)10-8-17(22(26)27)21(24)15-4-6-16(23)7-5-15/h3-7,9,13,17,21H,8,10-12H2,1-2H3,(H,26,27)/t17-,21+/m0/s1. The molecule has 1 heterocycles. The van der Waals surface area contributed by atoms with Crippen molar-refractivity contribution in [1.29, 1.82) is 0 Å². The summed E-state index contributed by atoms with van der Waals surface area (Å²) < 4.78 is 10.6. The van der Waals surface area contributed by atoms with E-state index in [9.17, 15) is 14.7 Å². The van der Waals surface area contributed by atoms with Gasteiger partial charge in [-0.05, 0) is 48.2 Å². The van der Waals surface area contributed by atoms with Crippen molar-refractivity contribution in [1.82, 2.24) is 4.90 Å². The van der Waals surface area contributed by atoms with Gasteiger partial charge in [-0.3, -0.25) is 9.59 Å². The number of carboxylic acid groups (broad SMARTS) is 1. The van der Waals surface area contributed by atoms with Crippen molar-refractivity contribution in [3.05, 3.63) is 58.6 Å². The number of nitrogens with zero attached hydrogens (tertiary/aromatic N) is 1. The van der Waals surface area contributed by atoms with E-state index in [2.05, 4.69) is 0 Å². The SMILES string of the molecule is COc1ccc(CCN2C(=O)CC[C@H](C(=O)O)[C@H]2c2ccc(Cl)cc2)cc1OC. The molecule has 3 rings (SSSR count). The average molecular weight is 418 g/mol. The Labute approximate surface area is 175 Å². The molecule has 0 spiro atoms. The van der Waals surface area contributed by atoms with Gasteiger partial charge in [0.15, 0.2) is 11.5 Å². The second-order valence-electron chi connectivity index (χ2n) is 7.01. The maximum atomic E-state index is 12.7. The first kappa shape index (κ1) is 21.0. The molecule has 1 aliphatic heterocycles. The zero-order valence-corrected chi connectivity index (χ0v) is 17.2. The fourth-order valence-corrected chi connectivity index (χ4v) is 3.96. The molecule has 29 heavy (non-hydrogen) atoms. The van der Waals surface area contributed by atoms with Gasteiger partial charge in [0.25, 0.3) is 0 Å². The second kappa shape index (κ2) is 9.18. The Morgan fingerprint density at radius 1 is 1.14 bits per heavy atom. The van der Waals surface area contributed by atoms with Crippen LogP contribution in [0.4, 0.5) is 0 Å². The van der Waals surface area contributed by atoms with Crippen molar-refractivity contribution in [3.8, 4) is 11.5 Å².